The highest BCUT2D eigenvalue weighted by atomic mass is 16.5. The normalized spacial score (nSPS) is 10.8. The van der Waals surface area contributed by atoms with Crippen LogP contribution in [-0.4, -0.2) is 20.6 Å². The zero-order valence-corrected chi connectivity index (χ0v) is 14.5. The lowest BCUT2D eigenvalue weighted by Gasteiger charge is -2.09. The van der Waals surface area contributed by atoms with Crippen LogP contribution in [0.25, 0.3) is 16.6 Å². The molecule has 2 aromatic carbocycles. The summed E-state index contributed by atoms with van der Waals surface area (Å²) in [6, 6.07) is 18.6. The van der Waals surface area contributed by atoms with Crippen LogP contribution in [-0.2, 0) is 17.9 Å². The molecule has 4 rings (SSSR count). The topological polar surface area (TPSA) is 66.1 Å². The van der Waals surface area contributed by atoms with Gasteiger partial charge in [0.05, 0.1) is 18.3 Å². The molecule has 27 heavy (non-hydrogen) atoms. The standard InChI is InChI=1S/C21H17N3O3/c25-11-10-24-20-7-6-18(12-17(20)14-22-24)23-9-8-19(13-21(23)26)27-15-16-4-2-1-3-5-16/h1-9,11-14H,10,15H2. The number of carbonyl (C=O) groups is 1. The molecular weight excluding hydrogens is 342 g/mol. The molecule has 2 heterocycles. The van der Waals surface area contributed by atoms with E-state index in [4.69, 9.17) is 4.74 Å². The molecule has 0 aliphatic rings. The Labute approximate surface area is 155 Å². The molecule has 6 nitrogen and oxygen atoms in total. The minimum atomic E-state index is -0.180. The van der Waals surface area contributed by atoms with E-state index in [1.54, 1.807) is 27.7 Å². The molecule has 0 saturated heterocycles. The summed E-state index contributed by atoms with van der Waals surface area (Å²) < 4.78 is 8.87. The van der Waals surface area contributed by atoms with Crippen LogP contribution in [0.4, 0.5) is 0 Å². The third-order valence-electron chi connectivity index (χ3n) is 4.29. The Morgan fingerprint density at radius 3 is 2.67 bits per heavy atom. The first kappa shape index (κ1) is 16.8. The number of pyridine rings is 1. The second-order valence-electron chi connectivity index (χ2n) is 6.08. The third-order valence-corrected chi connectivity index (χ3v) is 4.29. The predicted molar refractivity (Wildman–Crippen MR) is 102 cm³/mol. The van der Waals surface area contributed by atoms with E-state index in [2.05, 4.69) is 5.10 Å². The van der Waals surface area contributed by atoms with Gasteiger partial charge in [-0.1, -0.05) is 30.3 Å². The van der Waals surface area contributed by atoms with E-state index in [1.165, 1.54) is 6.07 Å². The van der Waals surface area contributed by atoms with E-state index in [1.807, 2.05) is 48.5 Å². The summed E-state index contributed by atoms with van der Waals surface area (Å²) in [5, 5.41) is 5.05. The number of hydrogen-bond acceptors (Lipinski definition) is 4. The second-order valence-corrected chi connectivity index (χ2v) is 6.08. The minimum Gasteiger partial charge on any atom is -0.489 e. The highest BCUT2D eigenvalue weighted by molar-refractivity contribution is 5.81. The molecule has 0 radical (unpaired) electrons. The first-order valence-electron chi connectivity index (χ1n) is 8.53. The number of hydrogen-bond donors (Lipinski definition) is 0. The quantitative estimate of drug-likeness (QED) is 0.497. The first-order chi connectivity index (χ1) is 13.2. The lowest BCUT2D eigenvalue weighted by Crippen LogP contribution is -2.16. The van der Waals surface area contributed by atoms with Crippen LogP contribution >= 0.6 is 0 Å². The summed E-state index contributed by atoms with van der Waals surface area (Å²) in [6.45, 7) is 0.614. The molecular formula is C21H17N3O3. The fraction of sp³-hybridized carbons (Fsp3) is 0.0952. The van der Waals surface area contributed by atoms with E-state index in [9.17, 15) is 9.59 Å². The molecule has 4 aromatic rings. The lowest BCUT2D eigenvalue weighted by molar-refractivity contribution is -0.108. The molecule has 0 saturated carbocycles. The predicted octanol–water partition coefficient (Wildman–Crippen LogP) is 2.97. The van der Waals surface area contributed by atoms with Crippen molar-refractivity contribution in [1.82, 2.24) is 14.3 Å². The van der Waals surface area contributed by atoms with Crippen LogP contribution in [0.2, 0.25) is 0 Å². The van der Waals surface area contributed by atoms with Gasteiger partial charge in [0.2, 0.25) is 0 Å². The van der Waals surface area contributed by atoms with Crippen molar-refractivity contribution in [2.24, 2.45) is 0 Å². The summed E-state index contributed by atoms with van der Waals surface area (Å²) >= 11 is 0. The Hall–Kier alpha value is -3.67. The zero-order chi connectivity index (χ0) is 18.6. The lowest BCUT2D eigenvalue weighted by atomic mass is 10.2. The van der Waals surface area contributed by atoms with Gasteiger partial charge in [0, 0.05) is 23.3 Å². The summed E-state index contributed by atoms with van der Waals surface area (Å²) in [5.74, 6) is 0.528. The van der Waals surface area contributed by atoms with Crippen LogP contribution in [0.3, 0.4) is 0 Å². The fourth-order valence-electron chi connectivity index (χ4n) is 2.95. The number of carbonyl (C=O) groups excluding carboxylic acids is 1. The van der Waals surface area contributed by atoms with Gasteiger partial charge in [0.15, 0.2) is 0 Å². The SMILES string of the molecule is O=CCn1ncc2cc(-n3ccc(OCc4ccccc4)cc3=O)ccc21. The number of ether oxygens (including phenoxy) is 1. The molecule has 6 heteroatoms. The molecule has 0 unspecified atom stereocenters. The van der Waals surface area contributed by atoms with Crippen molar-refractivity contribution >= 4 is 17.2 Å². The van der Waals surface area contributed by atoms with Crippen molar-refractivity contribution in [3.63, 3.8) is 0 Å². The summed E-state index contributed by atoms with van der Waals surface area (Å²) in [4.78, 5) is 23.2. The van der Waals surface area contributed by atoms with Gasteiger partial charge >= 0.3 is 0 Å². The largest absolute Gasteiger partial charge is 0.489 e. The Bertz CT molecular complexity index is 1150. The zero-order valence-electron chi connectivity index (χ0n) is 14.5. The van der Waals surface area contributed by atoms with Gasteiger partial charge in [-0.15, -0.1) is 0 Å². The fourth-order valence-corrected chi connectivity index (χ4v) is 2.95. The molecule has 2 aromatic heterocycles. The highest BCUT2D eigenvalue weighted by Crippen LogP contribution is 2.18. The van der Waals surface area contributed by atoms with Gasteiger partial charge < -0.3 is 9.53 Å². The van der Waals surface area contributed by atoms with Gasteiger partial charge in [-0.3, -0.25) is 14.0 Å². The number of fused-ring (bicyclic) bond motifs is 1. The highest BCUT2D eigenvalue weighted by Gasteiger charge is 2.07. The molecule has 0 aliphatic heterocycles. The van der Waals surface area contributed by atoms with Crippen molar-refractivity contribution in [3.05, 3.63) is 89.0 Å². The number of aromatic nitrogens is 3. The van der Waals surface area contributed by atoms with Gasteiger partial charge in [0.1, 0.15) is 18.6 Å². The van der Waals surface area contributed by atoms with E-state index >= 15 is 0 Å². The van der Waals surface area contributed by atoms with Crippen molar-refractivity contribution in [2.75, 3.05) is 0 Å². The number of nitrogens with zero attached hydrogens (tertiary/aromatic N) is 3. The van der Waals surface area contributed by atoms with Gasteiger partial charge in [-0.05, 0) is 29.8 Å². The number of aldehydes is 1. The number of rotatable bonds is 6. The second kappa shape index (κ2) is 7.29. The Kier molecular flexibility index (Phi) is 4.53. The molecule has 0 fully saturated rings. The summed E-state index contributed by atoms with van der Waals surface area (Å²) in [5.41, 5.74) is 2.44. The summed E-state index contributed by atoms with van der Waals surface area (Å²) in [6.07, 6.45) is 4.18. The summed E-state index contributed by atoms with van der Waals surface area (Å²) in [7, 11) is 0. The van der Waals surface area contributed by atoms with E-state index in [-0.39, 0.29) is 12.1 Å². The van der Waals surface area contributed by atoms with Crippen molar-refractivity contribution in [3.8, 4) is 11.4 Å². The molecule has 0 bridgehead atoms. The molecule has 0 amide bonds. The van der Waals surface area contributed by atoms with Gasteiger partial charge in [-0.25, -0.2) is 0 Å². The maximum atomic E-state index is 12.5. The Morgan fingerprint density at radius 2 is 1.89 bits per heavy atom. The Balaban J connectivity index is 1.58. The van der Waals surface area contributed by atoms with E-state index < -0.39 is 0 Å². The molecule has 0 N–H and O–H groups in total. The average Bonchev–Trinajstić information content (AvgIpc) is 3.10. The van der Waals surface area contributed by atoms with Crippen LogP contribution in [0.15, 0.2) is 77.9 Å². The van der Waals surface area contributed by atoms with Crippen LogP contribution < -0.4 is 10.3 Å². The maximum absolute atomic E-state index is 12.5. The van der Waals surface area contributed by atoms with Gasteiger partial charge in [-0.2, -0.15) is 5.10 Å². The Morgan fingerprint density at radius 1 is 1.04 bits per heavy atom. The molecule has 134 valence electrons. The van der Waals surface area contributed by atoms with Gasteiger partial charge in [0.25, 0.3) is 5.56 Å². The van der Waals surface area contributed by atoms with E-state index in [0.29, 0.717) is 12.4 Å². The monoisotopic (exact) mass is 359 g/mol. The van der Waals surface area contributed by atoms with E-state index in [0.717, 1.165) is 28.4 Å². The van der Waals surface area contributed by atoms with Crippen LogP contribution in [0.1, 0.15) is 5.56 Å². The molecule has 0 aliphatic carbocycles. The van der Waals surface area contributed by atoms with Crippen molar-refractivity contribution in [2.45, 2.75) is 13.2 Å². The molecule has 0 atom stereocenters. The van der Waals surface area contributed by atoms with Crippen LogP contribution in [0.5, 0.6) is 5.75 Å². The van der Waals surface area contributed by atoms with Crippen LogP contribution in [0, 0.1) is 0 Å². The van der Waals surface area contributed by atoms with Crippen molar-refractivity contribution in [1.29, 1.82) is 0 Å². The first-order valence-corrected chi connectivity index (χ1v) is 8.53. The smallest absolute Gasteiger partial charge is 0.258 e. The third kappa shape index (κ3) is 3.50. The molecule has 0 spiro atoms. The maximum Gasteiger partial charge on any atom is 0.258 e. The number of benzene rings is 2. The van der Waals surface area contributed by atoms with Crippen molar-refractivity contribution < 1.29 is 9.53 Å². The minimum absolute atomic E-state index is 0.180. The average molecular weight is 359 g/mol.